The van der Waals surface area contributed by atoms with E-state index in [4.69, 9.17) is 46.4 Å². The molecule has 0 aliphatic rings. The summed E-state index contributed by atoms with van der Waals surface area (Å²) in [5, 5.41) is 15.6. The first-order chi connectivity index (χ1) is 14.3. The van der Waals surface area contributed by atoms with Gasteiger partial charge in [0.25, 0.3) is 0 Å². The Morgan fingerprint density at radius 3 is 2.50 bits per heavy atom. The summed E-state index contributed by atoms with van der Waals surface area (Å²) in [6, 6.07) is 10.4. The number of phenolic OH excluding ortho intramolecular Hbond substituents is 1. The summed E-state index contributed by atoms with van der Waals surface area (Å²) < 4.78 is 14.5. The number of halogens is 5. The Bertz CT molecular complexity index is 1270. The van der Waals surface area contributed by atoms with Crippen LogP contribution >= 0.6 is 46.4 Å². The molecule has 0 fully saturated rings. The van der Waals surface area contributed by atoms with Gasteiger partial charge in [0.05, 0.1) is 21.1 Å². The average molecular weight is 483 g/mol. The third kappa shape index (κ3) is 3.98. The number of anilines is 1. The van der Waals surface area contributed by atoms with E-state index in [1.165, 1.54) is 12.3 Å². The minimum absolute atomic E-state index is 0.0860. The molecule has 0 aliphatic carbocycles. The molecule has 2 N–H and O–H groups in total. The van der Waals surface area contributed by atoms with Gasteiger partial charge in [-0.2, -0.15) is 0 Å². The summed E-state index contributed by atoms with van der Waals surface area (Å²) in [6.45, 7) is 0. The van der Waals surface area contributed by atoms with E-state index in [0.29, 0.717) is 21.7 Å². The summed E-state index contributed by atoms with van der Waals surface area (Å²) in [7, 11) is 0. The number of phenols is 1. The first kappa shape index (κ1) is 20.9. The fraction of sp³-hybridized carbons (Fsp3) is 0.0476. The molecule has 0 spiro atoms. The third-order valence-corrected chi connectivity index (χ3v) is 5.75. The molecule has 0 amide bonds. The predicted octanol–water partition coefficient (Wildman–Crippen LogP) is 7.29. The molecule has 4 nitrogen and oxygen atoms in total. The second-order valence-electron chi connectivity index (χ2n) is 6.43. The fourth-order valence-electron chi connectivity index (χ4n) is 3.14. The Morgan fingerprint density at radius 2 is 1.73 bits per heavy atom. The maximum atomic E-state index is 14.5. The van der Waals surface area contributed by atoms with Crippen LogP contribution in [-0.2, 0) is 0 Å². The van der Waals surface area contributed by atoms with Gasteiger partial charge in [0, 0.05) is 33.9 Å². The topological polar surface area (TPSA) is 58.0 Å². The largest absolute Gasteiger partial charge is 0.505 e. The van der Waals surface area contributed by atoms with E-state index in [0.717, 1.165) is 11.5 Å². The van der Waals surface area contributed by atoms with Crippen LogP contribution in [0.25, 0.3) is 10.9 Å². The van der Waals surface area contributed by atoms with Crippen LogP contribution in [0, 0.1) is 5.82 Å². The van der Waals surface area contributed by atoms with Crippen LogP contribution in [0.1, 0.15) is 17.2 Å². The standard InChI is InChI=1S/C21H12Cl4FN3O/c22-11-6-14(17(25)15(24)7-11)19(29-21-16(26)8-12(23)9-28-21)13-4-3-10-2-1-5-27-18(10)20(13)30/h1-9,19,30H,(H,28,29). The molecule has 152 valence electrons. The van der Waals surface area contributed by atoms with Gasteiger partial charge >= 0.3 is 0 Å². The van der Waals surface area contributed by atoms with Gasteiger partial charge in [-0.3, -0.25) is 4.98 Å². The van der Waals surface area contributed by atoms with Gasteiger partial charge < -0.3 is 10.4 Å². The first-order valence-corrected chi connectivity index (χ1v) is 10.1. The molecule has 1 unspecified atom stereocenters. The number of nitrogens with zero attached hydrogens (tertiary/aromatic N) is 2. The molecule has 0 aliphatic heterocycles. The SMILES string of the molecule is Oc1c(C(Nc2ncc(Cl)cc2F)c2cc(Cl)cc(Cl)c2Cl)ccc2cccnc12. The first-order valence-electron chi connectivity index (χ1n) is 8.63. The number of hydrogen-bond donors (Lipinski definition) is 2. The summed E-state index contributed by atoms with van der Waals surface area (Å²) in [5.41, 5.74) is 1.20. The maximum absolute atomic E-state index is 14.5. The lowest BCUT2D eigenvalue weighted by Crippen LogP contribution is -2.15. The van der Waals surface area contributed by atoms with Crippen molar-refractivity contribution < 1.29 is 9.50 Å². The van der Waals surface area contributed by atoms with E-state index < -0.39 is 11.9 Å². The van der Waals surface area contributed by atoms with Gasteiger partial charge in [-0.05, 0) is 24.3 Å². The van der Waals surface area contributed by atoms with Gasteiger partial charge in [-0.25, -0.2) is 9.37 Å². The highest BCUT2D eigenvalue weighted by molar-refractivity contribution is 6.43. The second-order valence-corrected chi connectivity index (χ2v) is 8.09. The number of pyridine rings is 2. The molecule has 1 atom stereocenters. The van der Waals surface area contributed by atoms with Crippen LogP contribution in [0.3, 0.4) is 0 Å². The quantitative estimate of drug-likeness (QED) is 0.300. The van der Waals surface area contributed by atoms with E-state index in [1.54, 1.807) is 30.5 Å². The normalized spacial score (nSPS) is 12.2. The molecule has 30 heavy (non-hydrogen) atoms. The maximum Gasteiger partial charge on any atom is 0.166 e. The Hall–Kier alpha value is -2.31. The average Bonchev–Trinajstić information content (AvgIpc) is 2.71. The monoisotopic (exact) mass is 481 g/mol. The minimum atomic E-state index is -0.844. The van der Waals surface area contributed by atoms with E-state index >= 15 is 0 Å². The summed E-state index contributed by atoms with van der Waals surface area (Å²) >= 11 is 24.7. The van der Waals surface area contributed by atoms with Gasteiger partial charge in [-0.1, -0.05) is 64.6 Å². The van der Waals surface area contributed by atoms with Gasteiger partial charge in [0.2, 0.25) is 0 Å². The van der Waals surface area contributed by atoms with E-state index in [2.05, 4.69) is 15.3 Å². The number of rotatable bonds is 4. The van der Waals surface area contributed by atoms with Gasteiger partial charge in [0.1, 0.15) is 11.3 Å². The summed E-state index contributed by atoms with van der Waals surface area (Å²) in [6.07, 6.45) is 2.87. The van der Waals surface area contributed by atoms with Crippen LogP contribution < -0.4 is 5.32 Å². The van der Waals surface area contributed by atoms with E-state index in [9.17, 15) is 9.50 Å². The smallest absolute Gasteiger partial charge is 0.166 e. The lowest BCUT2D eigenvalue weighted by molar-refractivity contribution is 0.471. The lowest BCUT2D eigenvalue weighted by Gasteiger charge is -2.23. The molecule has 4 rings (SSSR count). The van der Waals surface area contributed by atoms with Crippen LogP contribution in [0.15, 0.2) is 54.9 Å². The minimum Gasteiger partial charge on any atom is -0.505 e. The molecular formula is C21H12Cl4FN3O. The third-order valence-electron chi connectivity index (χ3n) is 4.51. The highest BCUT2D eigenvalue weighted by Crippen LogP contribution is 2.41. The molecule has 2 aromatic heterocycles. The number of aromatic nitrogens is 2. The molecule has 2 aromatic carbocycles. The molecule has 0 bridgehead atoms. The Balaban J connectivity index is 1.93. The predicted molar refractivity (Wildman–Crippen MR) is 120 cm³/mol. The molecule has 9 heteroatoms. The molecule has 2 heterocycles. The lowest BCUT2D eigenvalue weighted by atomic mass is 9.96. The van der Waals surface area contributed by atoms with Crippen LogP contribution in [0.2, 0.25) is 20.1 Å². The number of nitrogens with one attached hydrogen (secondary N) is 1. The summed E-state index contributed by atoms with van der Waals surface area (Å²) in [5.74, 6) is -0.848. The van der Waals surface area contributed by atoms with Crippen molar-refractivity contribution in [1.82, 2.24) is 9.97 Å². The zero-order chi connectivity index (χ0) is 21.4. The fourth-order valence-corrected chi connectivity index (χ4v) is 4.02. The zero-order valence-electron chi connectivity index (χ0n) is 15.0. The van der Waals surface area contributed by atoms with Crippen molar-refractivity contribution in [2.24, 2.45) is 0 Å². The van der Waals surface area contributed by atoms with Crippen molar-refractivity contribution in [3.8, 4) is 5.75 Å². The highest BCUT2D eigenvalue weighted by Gasteiger charge is 2.25. The number of aromatic hydroxyl groups is 1. The zero-order valence-corrected chi connectivity index (χ0v) is 18.0. The van der Waals surface area contributed by atoms with Gasteiger partial charge in [-0.15, -0.1) is 0 Å². The second kappa shape index (κ2) is 8.44. The Kier molecular flexibility index (Phi) is 5.89. The van der Waals surface area contributed by atoms with Gasteiger partial charge in [0.15, 0.2) is 11.6 Å². The van der Waals surface area contributed by atoms with E-state index in [1.807, 2.05) is 6.07 Å². The van der Waals surface area contributed by atoms with Crippen molar-refractivity contribution >= 4 is 63.1 Å². The van der Waals surface area contributed by atoms with Crippen LogP contribution in [0.5, 0.6) is 5.75 Å². The highest BCUT2D eigenvalue weighted by atomic mass is 35.5. The van der Waals surface area contributed by atoms with E-state index in [-0.39, 0.29) is 26.6 Å². The van der Waals surface area contributed by atoms with Crippen molar-refractivity contribution in [2.45, 2.75) is 6.04 Å². The van der Waals surface area contributed by atoms with Crippen LogP contribution in [0.4, 0.5) is 10.2 Å². The Morgan fingerprint density at radius 1 is 0.933 bits per heavy atom. The number of benzene rings is 2. The van der Waals surface area contributed by atoms with Crippen LogP contribution in [-0.4, -0.2) is 15.1 Å². The van der Waals surface area contributed by atoms with Crippen molar-refractivity contribution in [3.63, 3.8) is 0 Å². The number of hydrogen-bond acceptors (Lipinski definition) is 4. The molecule has 4 aromatic rings. The van der Waals surface area contributed by atoms with Crippen molar-refractivity contribution in [3.05, 3.63) is 91.9 Å². The molecule has 0 radical (unpaired) electrons. The molecular weight excluding hydrogens is 471 g/mol. The molecule has 0 saturated heterocycles. The number of fused-ring (bicyclic) bond motifs is 1. The summed E-state index contributed by atoms with van der Waals surface area (Å²) in [4.78, 5) is 8.25. The van der Waals surface area contributed by atoms with Crippen molar-refractivity contribution in [2.75, 3.05) is 5.32 Å². The molecule has 0 saturated carbocycles. The van der Waals surface area contributed by atoms with Crippen molar-refractivity contribution in [1.29, 1.82) is 0 Å². The Labute approximate surface area is 191 Å².